The van der Waals surface area contributed by atoms with Gasteiger partial charge in [-0.05, 0) is 141 Å². The minimum Gasteiger partial charge on any atom is -0.493 e. The first-order chi connectivity index (χ1) is 32.9. The average Bonchev–Trinajstić information content (AvgIpc) is 4.21. The molecule has 6 aromatic rings. The number of benzene rings is 2. The molecule has 14 nitrogen and oxygen atoms in total. The van der Waals surface area contributed by atoms with Crippen molar-refractivity contribution in [1.82, 2.24) is 29.2 Å². The number of halogens is 3. The molecule has 1 fully saturated rings. The van der Waals surface area contributed by atoms with Crippen LogP contribution in [0.5, 0.6) is 11.5 Å². The number of fused-ring (bicyclic) bond motifs is 4. The molecule has 19 heteroatoms. The van der Waals surface area contributed by atoms with Gasteiger partial charge in [0.2, 0.25) is 0 Å². The Morgan fingerprint density at radius 3 is 1.72 bits per heavy atom. The molecule has 0 unspecified atom stereocenters. The van der Waals surface area contributed by atoms with Crippen LogP contribution in [0.2, 0.25) is 0 Å². The number of hydrogen-bond donors (Lipinski definition) is 0. The molecule has 0 spiro atoms. The summed E-state index contributed by atoms with van der Waals surface area (Å²) in [6.07, 6.45) is 12.4. The third kappa shape index (κ3) is 10.1. The lowest BCUT2D eigenvalue weighted by molar-refractivity contribution is 0.00578. The molecule has 9 heterocycles. The molecule has 4 aromatic heterocycles. The topological polar surface area (TPSA) is 163 Å². The zero-order valence-corrected chi connectivity index (χ0v) is 40.0. The summed E-state index contributed by atoms with van der Waals surface area (Å²) in [7, 11) is -0.182. The van der Waals surface area contributed by atoms with Gasteiger partial charge in [0.1, 0.15) is 47.9 Å². The quantitative estimate of drug-likeness (QED) is 0.144. The molecule has 0 amide bonds. The lowest BCUT2D eigenvalue weighted by Gasteiger charge is -2.32. The third-order valence-electron chi connectivity index (χ3n) is 13.5. The van der Waals surface area contributed by atoms with E-state index < -0.39 is 0 Å². The Labute approximate surface area is 410 Å². The number of ether oxygens (including phenoxy) is 4. The monoisotopic (exact) mass is 1000 g/mol. The van der Waals surface area contributed by atoms with Gasteiger partial charge in [0.15, 0.2) is 11.3 Å². The average molecular weight is 1000 g/mol. The van der Waals surface area contributed by atoms with Crippen LogP contribution in [0.3, 0.4) is 0 Å². The molecule has 0 atom stereocenters. The Bertz CT molecular complexity index is 3040. The SMILES string of the molecule is CC1(C)OB(C2=CCOCC2)OC1(C)C.N#Cc1cc(Br)c2nncn2c1CCc1c(F)ccc2c1CCO2.N#Cc1cc(C2=CCOCC2)c2nncn2c1CCc1c(F)ccc2c1CCO2.[BH4-]. The standard InChI is InChI=1S/C22H19FN4O2.C17H12BrFN4O.C11H19BO3.BH4/c23-19-2-4-21-17(7-10-29-21)16(19)1-3-20-15(12-24)11-18(14-5-8-28-9-6-14)22-26-25-13-27(20)22;18-13-7-10(8-20)15(23-9-21-22-17(13)23)3-1-11-12-5-6-24-16(12)4-2-14(11)19;1-10(2)11(3,4)15-12(14-10)9-5-7-13-8-6-9;/h2,4-5,11,13H,1,3,6-10H2;2,4,7,9H,1,3,5-6H2;5H,6-8H2,1-4H3;1H4/q;;;-1. The normalized spacial score (nSPS) is 17.4. The van der Waals surface area contributed by atoms with Crippen LogP contribution in [0.4, 0.5) is 8.78 Å². The summed E-state index contributed by atoms with van der Waals surface area (Å²) in [6, 6.07) is 14.4. The smallest absolute Gasteiger partial charge is 0.490 e. The Kier molecular flexibility index (Phi) is 15.0. The van der Waals surface area contributed by atoms with Crippen molar-refractivity contribution in [2.75, 3.05) is 39.6 Å². The van der Waals surface area contributed by atoms with Crippen LogP contribution in [0.15, 0.2) is 71.2 Å². The van der Waals surface area contributed by atoms with Crippen molar-refractivity contribution in [2.24, 2.45) is 0 Å². The zero-order valence-electron chi connectivity index (χ0n) is 38.4. The maximum absolute atomic E-state index is 14.5. The fraction of sp³-hybridized carbons (Fsp3) is 0.400. The first-order valence-corrected chi connectivity index (χ1v) is 23.6. The second-order valence-electron chi connectivity index (χ2n) is 18.0. The highest BCUT2D eigenvalue weighted by atomic mass is 79.9. The first kappa shape index (κ1) is 49.5. The molecule has 0 bridgehead atoms. The Morgan fingerprint density at radius 1 is 0.681 bits per heavy atom. The van der Waals surface area contributed by atoms with E-state index in [1.807, 2.05) is 16.5 Å². The van der Waals surface area contributed by atoms with Gasteiger partial charge in [-0.2, -0.15) is 10.5 Å². The number of nitriles is 2. The van der Waals surface area contributed by atoms with Crippen molar-refractivity contribution >= 4 is 48.3 Å². The van der Waals surface area contributed by atoms with Gasteiger partial charge in [0, 0.05) is 40.9 Å². The second-order valence-corrected chi connectivity index (χ2v) is 18.8. The van der Waals surface area contributed by atoms with E-state index in [-0.39, 0.29) is 38.4 Å². The maximum atomic E-state index is 14.5. The van der Waals surface area contributed by atoms with Crippen LogP contribution in [0.1, 0.15) is 90.9 Å². The first-order valence-electron chi connectivity index (χ1n) is 22.8. The molecule has 69 heavy (non-hydrogen) atoms. The summed E-state index contributed by atoms with van der Waals surface area (Å²) in [5.74, 6) is 1.07. The number of hydrogen-bond acceptors (Lipinski definition) is 12. The number of aryl methyl sites for hydroxylation is 2. The summed E-state index contributed by atoms with van der Waals surface area (Å²) in [5, 5.41) is 35.5. The lowest BCUT2D eigenvalue weighted by atomic mass is 9.75. The van der Waals surface area contributed by atoms with Crippen LogP contribution in [-0.4, -0.2) is 95.6 Å². The predicted octanol–water partition coefficient (Wildman–Crippen LogP) is 7.00. The minimum absolute atomic E-state index is 0. The number of rotatable bonds is 8. The van der Waals surface area contributed by atoms with Crippen molar-refractivity contribution in [3.8, 4) is 23.6 Å². The van der Waals surface area contributed by atoms with Gasteiger partial charge >= 0.3 is 7.12 Å². The van der Waals surface area contributed by atoms with E-state index in [0.717, 1.165) is 71.0 Å². The summed E-state index contributed by atoms with van der Waals surface area (Å²) in [5.41, 5.74) is 9.98. The number of pyridine rings is 2. The summed E-state index contributed by atoms with van der Waals surface area (Å²) >= 11 is 3.40. The van der Waals surface area contributed by atoms with Crippen molar-refractivity contribution in [3.05, 3.63) is 133 Å². The largest absolute Gasteiger partial charge is 0.493 e. The van der Waals surface area contributed by atoms with Gasteiger partial charge in [0.25, 0.3) is 0 Å². The maximum Gasteiger partial charge on any atom is 0.490 e. The van der Waals surface area contributed by atoms with E-state index in [1.165, 1.54) is 17.6 Å². The molecule has 0 aliphatic carbocycles. The van der Waals surface area contributed by atoms with Crippen molar-refractivity contribution in [1.29, 1.82) is 10.5 Å². The predicted molar refractivity (Wildman–Crippen MR) is 263 cm³/mol. The van der Waals surface area contributed by atoms with Crippen molar-refractivity contribution < 1.29 is 37.0 Å². The molecule has 0 radical (unpaired) electrons. The summed E-state index contributed by atoms with van der Waals surface area (Å²) < 4.78 is 66.8. The van der Waals surface area contributed by atoms with Crippen molar-refractivity contribution in [2.45, 2.75) is 90.3 Å². The molecule has 11 rings (SSSR count). The Balaban J connectivity index is 0.000000145. The van der Waals surface area contributed by atoms with Gasteiger partial charge in [0.05, 0.1) is 66.4 Å². The van der Waals surface area contributed by atoms with Gasteiger partial charge in [-0.15, -0.1) is 20.4 Å². The summed E-state index contributed by atoms with van der Waals surface area (Å²) in [4.78, 5) is 0. The molecule has 5 aliphatic heterocycles. The van der Waals surface area contributed by atoms with Crippen LogP contribution >= 0.6 is 15.9 Å². The highest BCUT2D eigenvalue weighted by Crippen LogP contribution is 2.40. The van der Waals surface area contributed by atoms with E-state index in [0.29, 0.717) is 103 Å². The van der Waals surface area contributed by atoms with Gasteiger partial charge in [-0.3, -0.25) is 8.80 Å². The molecule has 1 saturated heterocycles. The molecular weight excluding hydrogens is 948 g/mol. The van der Waals surface area contributed by atoms with E-state index in [1.54, 1.807) is 35.3 Å². The molecule has 0 N–H and O–H groups in total. The van der Waals surface area contributed by atoms with Gasteiger partial charge in [-0.1, -0.05) is 20.6 Å². The number of aromatic nitrogens is 6. The highest BCUT2D eigenvalue weighted by molar-refractivity contribution is 9.10. The Hall–Kier alpha value is -5.95. The fourth-order valence-corrected chi connectivity index (χ4v) is 9.66. The highest BCUT2D eigenvalue weighted by Gasteiger charge is 2.52. The fourth-order valence-electron chi connectivity index (χ4n) is 9.16. The van der Waals surface area contributed by atoms with Gasteiger partial charge in [-0.25, -0.2) is 8.78 Å². The lowest BCUT2D eigenvalue weighted by Crippen LogP contribution is -2.41. The molecule has 0 saturated carbocycles. The van der Waals surface area contributed by atoms with E-state index >= 15 is 0 Å². The third-order valence-corrected chi connectivity index (χ3v) is 14.1. The zero-order chi connectivity index (χ0) is 47.6. The van der Waals surface area contributed by atoms with Crippen LogP contribution < -0.4 is 9.47 Å². The van der Waals surface area contributed by atoms with Crippen LogP contribution in [-0.2, 0) is 57.3 Å². The number of nitrogens with zero attached hydrogens (tertiary/aromatic N) is 8. The van der Waals surface area contributed by atoms with Crippen LogP contribution in [0, 0.1) is 34.3 Å². The van der Waals surface area contributed by atoms with Gasteiger partial charge < -0.3 is 28.3 Å². The molecule has 5 aliphatic rings. The molecule has 358 valence electrons. The Morgan fingerprint density at radius 2 is 1.20 bits per heavy atom. The van der Waals surface area contributed by atoms with E-state index in [4.69, 9.17) is 28.3 Å². The molecular formula is C50H54B2BrF2N8O6-. The van der Waals surface area contributed by atoms with Crippen LogP contribution in [0.25, 0.3) is 16.9 Å². The minimum atomic E-state index is -0.239. The molecule has 2 aromatic carbocycles. The van der Waals surface area contributed by atoms with E-state index in [9.17, 15) is 19.3 Å². The summed E-state index contributed by atoms with van der Waals surface area (Å²) in [6.45, 7) is 12.1. The second kappa shape index (κ2) is 21.0. The van der Waals surface area contributed by atoms with E-state index in [2.05, 4.69) is 82.2 Å². The van der Waals surface area contributed by atoms with Crippen molar-refractivity contribution in [3.63, 3.8) is 0 Å².